The van der Waals surface area contributed by atoms with E-state index in [-0.39, 0.29) is 6.61 Å². The monoisotopic (exact) mass is 239 g/mol. The van der Waals surface area contributed by atoms with Crippen LogP contribution in [0.1, 0.15) is 5.56 Å². The Morgan fingerprint density at radius 3 is 2.46 bits per heavy atom. The van der Waals surface area contributed by atoms with Gasteiger partial charge in [0.15, 0.2) is 0 Å². The van der Waals surface area contributed by atoms with Gasteiger partial charge in [-0.2, -0.15) is 0 Å². The molecule has 6 heteroatoms. The molecule has 1 N–H and O–H groups in total. The quantitative estimate of drug-likeness (QED) is 0.648. The molecular weight excluding hydrogens is 232 g/mol. The number of benzene rings is 1. The van der Waals surface area contributed by atoms with E-state index in [1.807, 2.05) is 30.3 Å². The summed E-state index contributed by atoms with van der Waals surface area (Å²) in [6.07, 6.45) is 0. The number of nitrogens with one attached hydrogen (secondary N) is 1. The van der Waals surface area contributed by atoms with Gasteiger partial charge in [0.05, 0.1) is 6.61 Å². The van der Waals surface area contributed by atoms with E-state index < -0.39 is 6.00 Å². The molecule has 1 rings (SSSR count). The van der Waals surface area contributed by atoms with Crippen LogP contribution in [0.15, 0.2) is 30.3 Å². The van der Waals surface area contributed by atoms with E-state index in [2.05, 4.69) is 5.25 Å². The van der Waals surface area contributed by atoms with E-state index in [9.17, 15) is 4.57 Å². The zero-order valence-electron chi connectivity index (χ0n) is 6.61. The molecule has 3 nitrogen and oxygen atoms in total. The van der Waals surface area contributed by atoms with Gasteiger partial charge in [0.25, 0.3) is 0 Å². The molecule has 13 heavy (non-hydrogen) atoms. The van der Waals surface area contributed by atoms with Gasteiger partial charge in [-0.05, 0) is 28.0 Å². The van der Waals surface area contributed by atoms with E-state index in [0.29, 0.717) is 0 Å². The van der Waals surface area contributed by atoms with Gasteiger partial charge in [-0.3, -0.25) is 9.40 Å². The average Bonchev–Trinajstić information content (AvgIpc) is 2.04. The Hall–Kier alpha value is -0.0500. The first-order valence-electron chi connectivity index (χ1n) is 3.50. The second-order valence-corrected chi connectivity index (χ2v) is 6.81. The summed E-state index contributed by atoms with van der Waals surface area (Å²) in [5.74, 6) is -3.33. The van der Waals surface area contributed by atoms with Gasteiger partial charge in [-0.15, -0.1) is 5.25 Å². The lowest BCUT2D eigenvalue weighted by Gasteiger charge is -2.05. The third kappa shape index (κ3) is 5.29. The molecule has 0 aliphatic heterocycles. The molecule has 0 heterocycles. The van der Waals surface area contributed by atoms with Crippen LogP contribution in [0.25, 0.3) is 0 Å². The molecule has 1 aromatic carbocycles. The zero-order valence-corrected chi connectivity index (χ0v) is 9.02. The predicted octanol–water partition coefficient (Wildman–Crippen LogP) is 3.29. The summed E-state index contributed by atoms with van der Waals surface area (Å²) >= 11 is 10.4. The summed E-state index contributed by atoms with van der Waals surface area (Å²) in [5.41, 5.74) is 0.941. The third-order valence-corrected chi connectivity index (χ3v) is 2.01. The summed E-state index contributed by atoms with van der Waals surface area (Å²) in [6, 6.07) is 9.38. The number of hydrogen-bond donors (Lipinski definition) is 1. The molecule has 0 atom stereocenters. The van der Waals surface area contributed by atoms with Crippen molar-refractivity contribution in [3.8, 4) is 0 Å². The van der Waals surface area contributed by atoms with Crippen molar-refractivity contribution in [2.24, 2.45) is 0 Å². The molecule has 0 bridgehead atoms. The molecular formula is C7H8Cl2NO2P. The lowest BCUT2D eigenvalue weighted by molar-refractivity contribution is 0.0811. The molecule has 0 aliphatic carbocycles. The first-order chi connectivity index (χ1) is 6.08. The van der Waals surface area contributed by atoms with Crippen LogP contribution in [-0.4, -0.2) is 0 Å². The van der Waals surface area contributed by atoms with E-state index in [4.69, 9.17) is 27.3 Å². The summed E-state index contributed by atoms with van der Waals surface area (Å²) < 4.78 is 10.7. The second kappa shape index (κ2) is 4.99. The van der Waals surface area contributed by atoms with Crippen molar-refractivity contribution in [1.29, 1.82) is 0 Å². The minimum absolute atomic E-state index is 0.268. The van der Waals surface area contributed by atoms with Gasteiger partial charge >= 0.3 is 6.00 Å². The number of rotatable bonds is 4. The van der Waals surface area contributed by atoms with Crippen molar-refractivity contribution >= 4 is 28.5 Å². The molecule has 0 fully saturated rings. The van der Waals surface area contributed by atoms with Crippen molar-refractivity contribution in [2.45, 2.75) is 6.61 Å². The number of halogens is 2. The fourth-order valence-electron chi connectivity index (χ4n) is 0.765. The molecule has 0 amide bonds. The highest BCUT2D eigenvalue weighted by Crippen LogP contribution is 2.52. The minimum Gasteiger partial charge on any atom is -0.289 e. The SMILES string of the molecule is O=P(Cl)(Cl)NOCc1ccccc1. The zero-order chi connectivity index (χ0) is 9.73. The van der Waals surface area contributed by atoms with E-state index in [1.165, 1.54) is 0 Å². The van der Waals surface area contributed by atoms with E-state index in [0.717, 1.165) is 5.56 Å². The summed E-state index contributed by atoms with van der Waals surface area (Å²) in [7, 11) is 0. The highest BCUT2D eigenvalue weighted by molar-refractivity contribution is 8.07. The minimum atomic E-state index is -3.33. The maximum atomic E-state index is 10.7. The number of hydrogen-bond acceptors (Lipinski definition) is 2. The molecule has 0 aliphatic rings. The van der Waals surface area contributed by atoms with Crippen LogP contribution in [-0.2, 0) is 16.0 Å². The fourth-order valence-corrected chi connectivity index (χ4v) is 1.27. The van der Waals surface area contributed by atoms with Crippen molar-refractivity contribution in [3.63, 3.8) is 0 Å². The van der Waals surface area contributed by atoms with Crippen molar-refractivity contribution in [3.05, 3.63) is 35.9 Å². The van der Waals surface area contributed by atoms with E-state index in [1.54, 1.807) is 0 Å². The van der Waals surface area contributed by atoms with Crippen LogP contribution >= 0.6 is 28.5 Å². The Morgan fingerprint density at radius 1 is 1.31 bits per heavy atom. The van der Waals surface area contributed by atoms with Crippen LogP contribution in [0, 0.1) is 0 Å². The normalized spacial score (nSPS) is 11.5. The standard InChI is InChI=1S/C7H8Cl2NO2P/c8-13(9,11)10-12-6-7-4-2-1-3-5-7/h1-5H,6H2,(H,10,11). The summed E-state index contributed by atoms with van der Waals surface area (Å²) in [4.78, 5) is 4.81. The molecule has 0 unspecified atom stereocenters. The summed E-state index contributed by atoms with van der Waals surface area (Å²) in [5, 5.41) is 2.06. The maximum absolute atomic E-state index is 10.7. The Kier molecular flexibility index (Phi) is 4.23. The third-order valence-electron chi connectivity index (χ3n) is 1.25. The lowest BCUT2D eigenvalue weighted by Crippen LogP contribution is -2.05. The Labute approximate surface area is 86.0 Å². The molecule has 0 aromatic heterocycles. The molecule has 0 saturated carbocycles. The summed E-state index contributed by atoms with van der Waals surface area (Å²) in [6.45, 7) is 0.268. The van der Waals surface area contributed by atoms with Gasteiger partial charge in [0.1, 0.15) is 0 Å². The fraction of sp³-hybridized carbons (Fsp3) is 0.143. The highest BCUT2D eigenvalue weighted by atomic mass is 35.9. The van der Waals surface area contributed by atoms with E-state index >= 15 is 0 Å². The van der Waals surface area contributed by atoms with Crippen LogP contribution in [0.4, 0.5) is 0 Å². The molecule has 72 valence electrons. The highest BCUT2D eigenvalue weighted by Gasteiger charge is 2.11. The Morgan fingerprint density at radius 2 is 1.92 bits per heavy atom. The van der Waals surface area contributed by atoms with Crippen LogP contribution in [0.5, 0.6) is 0 Å². The van der Waals surface area contributed by atoms with Gasteiger partial charge in [-0.1, -0.05) is 30.3 Å². The average molecular weight is 240 g/mol. The Bertz CT molecular complexity index is 301. The molecule has 1 aromatic rings. The Balaban J connectivity index is 2.33. The van der Waals surface area contributed by atoms with Gasteiger partial charge in [0, 0.05) is 0 Å². The molecule has 0 spiro atoms. The smallest absolute Gasteiger partial charge is 0.289 e. The van der Waals surface area contributed by atoms with Crippen LogP contribution < -0.4 is 5.25 Å². The van der Waals surface area contributed by atoms with Crippen molar-refractivity contribution in [2.75, 3.05) is 0 Å². The van der Waals surface area contributed by atoms with Crippen molar-refractivity contribution in [1.82, 2.24) is 5.25 Å². The lowest BCUT2D eigenvalue weighted by atomic mass is 10.2. The van der Waals surface area contributed by atoms with Gasteiger partial charge in [0.2, 0.25) is 0 Å². The first kappa shape index (κ1) is 11.0. The predicted molar refractivity (Wildman–Crippen MR) is 53.7 cm³/mol. The van der Waals surface area contributed by atoms with Crippen molar-refractivity contribution < 1.29 is 9.40 Å². The largest absolute Gasteiger partial charge is 0.341 e. The second-order valence-electron chi connectivity index (χ2n) is 2.33. The van der Waals surface area contributed by atoms with Crippen LogP contribution in [0.2, 0.25) is 0 Å². The van der Waals surface area contributed by atoms with Crippen LogP contribution in [0.3, 0.4) is 0 Å². The van der Waals surface area contributed by atoms with Gasteiger partial charge in [-0.25, -0.2) is 0 Å². The van der Waals surface area contributed by atoms with Gasteiger partial charge < -0.3 is 0 Å². The first-order valence-corrected chi connectivity index (χ1v) is 7.02. The molecule has 0 saturated heterocycles. The molecule has 0 radical (unpaired) electrons. The maximum Gasteiger partial charge on any atom is 0.341 e. The topological polar surface area (TPSA) is 38.3 Å².